The van der Waals surface area contributed by atoms with Crippen LogP contribution in [-0.2, 0) is 24.3 Å². The van der Waals surface area contributed by atoms with Crippen molar-refractivity contribution in [2.45, 2.75) is 33.1 Å². The van der Waals surface area contributed by atoms with Crippen molar-refractivity contribution in [1.82, 2.24) is 4.31 Å². The van der Waals surface area contributed by atoms with Gasteiger partial charge in [-0.1, -0.05) is 11.6 Å². The van der Waals surface area contributed by atoms with Gasteiger partial charge in [-0.05, 0) is 50.5 Å². The molecule has 0 aromatic heterocycles. The van der Waals surface area contributed by atoms with Crippen molar-refractivity contribution in [2.24, 2.45) is 5.92 Å². The lowest BCUT2D eigenvalue weighted by Crippen LogP contribution is -2.42. The van der Waals surface area contributed by atoms with Crippen molar-refractivity contribution < 1.29 is 22.7 Å². The van der Waals surface area contributed by atoms with Gasteiger partial charge in [-0.2, -0.15) is 5.26 Å². The largest absolute Gasteiger partial charge is 0.455 e. The first-order valence-corrected chi connectivity index (χ1v) is 11.8. The molecule has 0 radical (unpaired) electrons. The van der Waals surface area contributed by atoms with Crippen molar-refractivity contribution in [3.8, 4) is 6.07 Å². The summed E-state index contributed by atoms with van der Waals surface area (Å²) in [7, 11) is -3.27. The number of rotatable bonds is 8. The number of anilines is 1. The van der Waals surface area contributed by atoms with Gasteiger partial charge >= 0.3 is 5.97 Å². The van der Waals surface area contributed by atoms with Gasteiger partial charge < -0.3 is 9.64 Å². The first-order chi connectivity index (χ1) is 14.2. The number of ether oxygens (including phenoxy) is 1. The Morgan fingerprint density at radius 2 is 2.00 bits per heavy atom. The molecule has 1 fully saturated rings. The third kappa shape index (κ3) is 6.17. The second kappa shape index (κ2) is 10.8. The van der Waals surface area contributed by atoms with Gasteiger partial charge in [-0.25, -0.2) is 12.7 Å². The highest BCUT2D eigenvalue weighted by Gasteiger charge is 2.31. The second-order valence-corrected chi connectivity index (χ2v) is 9.73. The molecule has 1 aliphatic heterocycles. The molecule has 0 atom stereocenters. The van der Waals surface area contributed by atoms with E-state index in [1.54, 1.807) is 25.1 Å². The van der Waals surface area contributed by atoms with Crippen LogP contribution >= 0.6 is 11.6 Å². The van der Waals surface area contributed by atoms with Crippen molar-refractivity contribution in [3.05, 3.63) is 28.8 Å². The van der Waals surface area contributed by atoms with Gasteiger partial charge in [0.15, 0.2) is 6.61 Å². The van der Waals surface area contributed by atoms with Gasteiger partial charge in [-0.3, -0.25) is 9.59 Å². The number of benzene rings is 1. The average Bonchev–Trinajstić information content (AvgIpc) is 2.74. The number of sulfonamides is 1. The third-order valence-corrected chi connectivity index (χ3v) is 7.39. The van der Waals surface area contributed by atoms with E-state index in [2.05, 4.69) is 0 Å². The number of nitrogens with zero attached hydrogens (tertiary/aromatic N) is 3. The number of amides is 1. The fraction of sp³-hybridized carbons (Fsp3) is 0.550. The molecule has 164 valence electrons. The molecule has 8 nitrogen and oxygen atoms in total. The van der Waals surface area contributed by atoms with E-state index in [4.69, 9.17) is 21.6 Å². The Labute approximate surface area is 182 Å². The van der Waals surface area contributed by atoms with Crippen LogP contribution in [0.3, 0.4) is 0 Å². The molecule has 0 bridgehead atoms. The summed E-state index contributed by atoms with van der Waals surface area (Å²) in [5.41, 5.74) is 1.36. The normalized spacial score (nSPS) is 15.4. The molecule has 1 aromatic rings. The lowest BCUT2D eigenvalue weighted by molar-refractivity contribution is -0.153. The van der Waals surface area contributed by atoms with Crippen LogP contribution < -0.4 is 4.90 Å². The molecule has 0 spiro atoms. The summed E-state index contributed by atoms with van der Waals surface area (Å²) in [5.74, 6) is -1.36. The molecule has 0 unspecified atom stereocenters. The Morgan fingerprint density at radius 1 is 1.33 bits per heavy atom. The quantitative estimate of drug-likeness (QED) is 0.557. The maximum atomic E-state index is 12.7. The number of carbonyl (C=O) groups excluding carboxylic acids is 2. The summed E-state index contributed by atoms with van der Waals surface area (Å²) in [6.45, 7) is 3.65. The van der Waals surface area contributed by atoms with Gasteiger partial charge in [0.05, 0.1) is 24.2 Å². The average molecular weight is 456 g/mol. The minimum Gasteiger partial charge on any atom is -0.455 e. The maximum Gasteiger partial charge on any atom is 0.309 e. The Kier molecular flexibility index (Phi) is 8.65. The van der Waals surface area contributed by atoms with E-state index in [1.807, 2.05) is 13.0 Å². The highest BCUT2D eigenvalue weighted by Crippen LogP contribution is 2.24. The Morgan fingerprint density at radius 3 is 2.57 bits per heavy atom. The van der Waals surface area contributed by atoms with Crippen LogP contribution in [0.4, 0.5) is 5.69 Å². The van der Waals surface area contributed by atoms with Crippen molar-refractivity contribution in [1.29, 1.82) is 5.26 Å². The standard InChI is InChI=1S/C20H26ClN3O5S/c1-3-30(27,28)23-11-7-16(8-12-23)20(26)29-14-19(25)24(10-4-9-22)17-5-6-18(21)15(2)13-17/h5-6,13,16H,3-4,7-8,10-12,14H2,1-2H3. The molecule has 0 saturated carbocycles. The molecular formula is C20H26ClN3O5S. The SMILES string of the molecule is CCS(=O)(=O)N1CCC(C(=O)OCC(=O)N(CCC#N)c2ccc(Cl)c(C)c2)CC1. The van der Waals surface area contributed by atoms with E-state index in [9.17, 15) is 18.0 Å². The van der Waals surface area contributed by atoms with E-state index in [0.717, 1.165) is 5.56 Å². The zero-order valence-corrected chi connectivity index (χ0v) is 18.7. The van der Waals surface area contributed by atoms with Crippen molar-refractivity contribution in [2.75, 3.05) is 36.9 Å². The number of aryl methyl sites for hydroxylation is 1. The molecule has 2 rings (SSSR count). The van der Waals surface area contributed by atoms with Gasteiger partial charge in [0.1, 0.15) is 0 Å². The lowest BCUT2D eigenvalue weighted by Gasteiger charge is -2.30. The molecule has 10 heteroatoms. The molecule has 0 aliphatic carbocycles. The van der Waals surface area contributed by atoms with Crippen molar-refractivity contribution >= 4 is 39.2 Å². The first kappa shape index (κ1) is 24.1. The van der Waals surface area contributed by atoms with Gasteiger partial charge in [-0.15, -0.1) is 0 Å². The van der Waals surface area contributed by atoms with E-state index >= 15 is 0 Å². The summed E-state index contributed by atoms with van der Waals surface area (Å²) in [6, 6.07) is 7.09. The first-order valence-electron chi connectivity index (χ1n) is 9.77. The Hall–Kier alpha value is -2.15. The Balaban J connectivity index is 1.95. The minimum absolute atomic E-state index is 0.0271. The Bertz CT molecular complexity index is 921. The highest BCUT2D eigenvalue weighted by molar-refractivity contribution is 7.89. The number of nitriles is 1. The van der Waals surface area contributed by atoms with E-state index in [-0.39, 0.29) is 31.8 Å². The zero-order valence-electron chi connectivity index (χ0n) is 17.1. The third-order valence-electron chi connectivity index (χ3n) is 5.08. The highest BCUT2D eigenvalue weighted by atomic mass is 35.5. The molecule has 1 aromatic carbocycles. The van der Waals surface area contributed by atoms with Crippen LogP contribution in [0.5, 0.6) is 0 Å². The topological polar surface area (TPSA) is 108 Å². The van der Waals surface area contributed by atoms with Gasteiger partial charge in [0.2, 0.25) is 10.0 Å². The fourth-order valence-corrected chi connectivity index (χ4v) is 4.49. The van der Waals surface area contributed by atoms with Gasteiger partial charge in [0, 0.05) is 30.3 Å². The number of halogens is 1. The van der Waals surface area contributed by atoms with Crippen LogP contribution in [0.25, 0.3) is 0 Å². The number of hydrogen-bond donors (Lipinski definition) is 0. The predicted molar refractivity (Wildman–Crippen MR) is 113 cm³/mol. The van der Waals surface area contributed by atoms with Crippen LogP contribution in [0.15, 0.2) is 18.2 Å². The van der Waals surface area contributed by atoms with Crippen LogP contribution in [0.2, 0.25) is 5.02 Å². The number of carbonyl (C=O) groups is 2. The monoisotopic (exact) mass is 455 g/mol. The number of esters is 1. The molecule has 1 saturated heterocycles. The van der Waals surface area contributed by atoms with Crippen LogP contribution in [0, 0.1) is 24.2 Å². The lowest BCUT2D eigenvalue weighted by atomic mass is 9.98. The molecule has 30 heavy (non-hydrogen) atoms. The van der Waals surface area contributed by atoms with Crippen LogP contribution in [0.1, 0.15) is 31.7 Å². The molecule has 1 aliphatic rings. The number of hydrogen-bond acceptors (Lipinski definition) is 6. The summed E-state index contributed by atoms with van der Waals surface area (Å²) in [4.78, 5) is 26.4. The molecule has 1 heterocycles. The summed E-state index contributed by atoms with van der Waals surface area (Å²) >= 11 is 6.04. The smallest absolute Gasteiger partial charge is 0.309 e. The summed E-state index contributed by atoms with van der Waals surface area (Å²) in [5, 5.41) is 9.45. The maximum absolute atomic E-state index is 12.7. The number of piperidine rings is 1. The van der Waals surface area contributed by atoms with E-state index < -0.39 is 34.4 Å². The summed E-state index contributed by atoms with van der Waals surface area (Å²) in [6.07, 6.45) is 0.854. The second-order valence-electron chi connectivity index (χ2n) is 7.07. The minimum atomic E-state index is -3.27. The van der Waals surface area contributed by atoms with Gasteiger partial charge in [0.25, 0.3) is 5.91 Å². The van der Waals surface area contributed by atoms with Crippen molar-refractivity contribution in [3.63, 3.8) is 0 Å². The van der Waals surface area contributed by atoms with Crippen LogP contribution in [-0.4, -0.2) is 56.6 Å². The zero-order chi connectivity index (χ0) is 22.3. The molecule has 0 N–H and O–H groups in total. The fourth-order valence-electron chi connectivity index (χ4n) is 3.24. The van der Waals surface area contributed by atoms with E-state index in [0.29, 0.717) is 23.6 Å². The predicted octanol–water partition coefficient (Wildman–Crippen LogP) is 2.50. The molecular weight excluding hydrogens is 430 g/mol. The van der Waals surface area contributed by atoms with E-state index in [1.165, 1.54) is 9.21 Å². The summed E-state index contributed by atoms with van der Waals surface area (Å²) < 4.78 is 30.4. The molecule has 1 amide bonds.